The highest BCUT2D eigenvalue weighted by Gasteiger charge is 2.11. The lowest BCUT2D eigenvalue weighted by molar-refractivity contribution is 0.140. The second-order valence-corrected chi connectivity index (χ2v) is 2.82. The molecule has 12 heavy (non-hydrogen) atoms. The van der Waals surface area contributed by atoms with Gasteiger partial charge in [0.2, 0.25) is 0 Å². The number of aliphatic hydroxyl groups is 1. The average molecular weight is 163 g/mol. The molecule has 0 radical (unpaired) electrons. The van der Waals surface area contributed by atoms with Gasteiger partial charge < -0.3 is 5.11 Å². The average Bonchev–Trinajstić information content (AvgIpc) is 2.17. The second-order valence-electron chi connectivity index (χ2n) is 2.82. The van der Waals surface area contributed by atoms with E-state index in [1.54, 1.807) is 18.5 Å². The van der Waals surface area contributed by atoms with Crippen LogP contribution in [-0.2, 0) is 0 Å². The number of aromatic nitrogens is 1. The van der Waals surface area contributed by atoms with Crippen LogP contribution in [-0.4, -0.2) is 10.1 Å². The van der Waals surface area contributed by atoms with Gasteiger partial charge in [0.15, 0.2) is 0 Å². The predicted molar refractivity (Wildman–Crippen MR) is 48.6 cm³/mol. The van der Waals surface area contributed by atoms with Crippen molar-refractivity contribution in [1.82, 2.24) is 4.98 Å². The topological polar surface area (TPSA) is 33.1 Å². The maximum absolute atomic E-state index is 9.69. The third kappa shape index (κ3) is 1.92. The lowest BCUT2D eigenvalue weighted by atomic mass is 9.99. The maximum atomic E-state index is 9.69. The number of nitrogens with zero attached hydrogens (tertiary/aromatic N) is 1. The third-order valence-corrected chi connectivity index (χ3v) is 1.92. The summed E-state index contributed by atoms with van der Waals surface area (Å²) in [7, 11) is 0. The van der Waals surface area contributed by atoms with Crippen LogP contribution in [0.25, 0.3) is 0 Å². The van der Waals surface area contributed by atoms with E-state index in [9.17, 15) is 5.11 Å². The van der Waals surface area contributed by atoms with Crippen molar-refractivity contribution >= 4 is 0 Å². The van der Waals surface area contributed by atoms with Gasteiger partial charge >= 0.3 is 0 Å². The van der Waals surface area contributed by atoms with Gasteiger partial charge in [-0.15, -0.1) is 6.58 Å². The Bertz CT molecular complexity index is 245. The van der Waals surface area contributed by atoms with Crippen LogP contribution in [0.15, 0.2) is 37.2 Å². The van der Waals surface area contributed by atoms with Crippen molar-refractivity contribution in [3.63, 3.8) is 0 Å². The molecule has 0 saturated carbocycles. The third-order valence-electron chi connectivity index (χ3n) is 1.92. The number of hydrogen-bond donors (Lipinski definition) is 1. The first kappa shape index (κ1) is 8.94. The summed E-state index contributed by atoms with van der Waals surface area (Å²) in [5, 5.41) is 9.69. The van der Waals surface area contributed by atoms with Gasteiger partial charge in [-0.25, -0.2) is 0 Å². The van der Waals surface area contributed by atoms with Gasteiger partial charge in [0.05, 0.1) is 6.10 Å². The first-order chi connectivity index (χ1) is 5.75. The maximum Gasteiger partial charge on any atom is 0.0850 e. The molecular weight excluding hydrogens is 150 g/mol. The van der Waals surface area contributed by atoms with E-state index in [-0.39, 0.29) is 5.92 Å². The van der Waals surface area contributed by atoms with E-state index < -0.39 is 6.10 Å². The molecule has 0 unspecified atom stereocenters. The molecule has 0 aliphatic heterocycles. The van der Waals surface area contributed by atoms with Crippen molar-refractivity contribution in [2.24, 2.45) is 5.92 Å². The standard InChI is InChI=1S/C10H13NO/c1-3-8(2)10(12)9-4-6-11-7-5-9/h3-8,10,12H,1H2,2H3/t8-,10-/m0/s1. The predicted octanol–water partition coefficient (Wildman–Crippen LogP) is 1.94. The molecule has 0 aliphatic rings. The van der Waals surface area contributed by atoms with E-state index in [0.29, 0.717) is 0 Å². The molecule has 1 N–H and O–H groups in total. The van der Waals surface area contributed by atoms with Crippen LogP contribution in [0.2, 0.25) is 0 Å². The van der Waals surface area contributed by atoms with Crippen LogP contribution in [0, 0.1) is 5.92 Å². The molecule has 0 aromatic carbocycles. The van der Waals surface area contributed by atoms with Crippen molar-refractivity contribution in [2.45, 2.75) is 13.0 Å². The smallest absolute Gasteiger partial charge is 0.0850 e. The van der Waals surface area contributed by atoms with Gasteiger partial charge in [-0.2, -0.15) is 0 Å². The van der Waals surface area contributed by atoms with Crippen LogP contribution in [0.3, 0.4) is 0 Å². The minimum Gasteiger partial charge on any atom is -0.388 e. The fourth-order valence-electron chi connectivity index (χ4n) is 0.993. The molecule has 2 heteroatoms. The van der Waals surface area contributed by atoms with Crippen LogP contribution in [0.4, 0.5) is 0 Å². The molecule has 0 amide bonds. The molecule has 0 aliphatic carbocycles. The lowest BCUT2D eigenvalue weighted by Crippen LogP contribution is -2.05. The minimum atomic E-state index is -0.467. The molecule has 1 rings (SSSR count). The number of hydrogen-bond acceptors (Lipinski definition) is 2. The summed E-state index contributed by atoms with van der Waals surface area (Å²) < 4.78 is 0. The molecule has 0 saturated heterocycles. The van der Waals surface area contributed by atoms with Gasteiger partial charge in [0.25, 0.3) is 0 Å². The van der Waals surface area contributed by atoms with Crippen molar-refractivity contribution < 1.29 is 5.11 Å². The summed E-state index contributed by atoms with van der Waals surface area (Å²) in [6.07, 6.45) is 4.62. The van der Waals surface area contributed by atoms with Gasteiger partial charge in [0, 0.05) is 18.3 Å². The summed E-state index contributed by atoms with van der Waals surface area (Å²) in [6, 6.07) is 3.62. The highest BCUT2D eigenvalue weighted by atomic mass is 16.3. The van der Waals surface area contributed by atoms with E-state index in [0.717, 1.165) is 5.56 Å². The summed E-state index contributed by atoms with van der Waals surface area (Å²) in [5.74, 6) is 0.0763. The first-order valence-corrected chi connectivity index (χ1v) is 3.96. The highest BCUT2D eigenvalue weighted by molar-refractivity contribution is 5.14. The summed E-state index contributed by atoms with van der Waals surface area (Å²) in [6.45, 7) is 5.56. The van der Waals surface area contributed by atoms with E-state index in [1.807, 2.05) is 19.1 Å². The molecule has 64 valence electrons. The highest BCUT2D eigenvalue weighted by Crippen LogP contribution is 2.20. The van der Waals surface area contributed by atoms with Crippen molar-refractivity contribution in [3.8, 4) is 0 Å². The Labute approximate surface area is 72.6 Å². The van der Waals surface area contributed by atoms with E-state index in [1.165, 1.54) is 0 Å². The fraction of sp³-hybridized carbons (Fsp3) is 0.300. The second kappa shape index (κ2) is 4.02. The molecule has 2 atom stereocenters. The molecule has 2 nitrogen and oxygen atoms in total. The number of rotatable bonds is 3. The van der Waals surface area contributed by atoms with E-state index >= 15 is 0 Å². The molecular formula is C10H13NO. The minimum absolute atomic E-state index is 0.0763. The molecule has 1 aromatic rings. The van der Waals surface area contributed by atoms with Crippen LogP contribution in [0.1, 0.15) is 18.6 Å². The molecule has 0 fully saturated rings. The Morgan fingerprint density at radius 3 is 2.58 bits per heavy atom. The van der Waals surface area contributed by atoms with Gasteiger partial charge in [-0.3, -0.25) is 4.98 Å². The Morgan fingerprint density at radius 2 is 2.08 bits per heavy atom. The quantitative estimate of drug-likeness (QED) is 0.691. The Balaban J connectivity index is 2.78. The first-order valence-electron chi connectivity index (χ1n) is 3.96. The van der Waals surface area contributed by atoms with Crippen LogP contribution < -0.4 is 0 Å². The number of pyridine rings is 1. The van der Waals surface area contributed by atoms with Crippen LogP contribution in [0.5, 0.6) is 0 Å². The van der Waals surface area contributed by atoms with Gasteiger partial charge in [0.1, 0.15) is 0 Å². The Hall–Kier alpha value is -1.15. The fourth-order valence-corrected chi connectivity index (χ4v) is 0.993. The van der Waals surface area contributed by atoms with Gasteiger partial charge in [-0.05, 0) is 17.7 Å². The molecule has 0 spiro atoms. The molecule has 0 bridgehead atoms. The van der Waals surface area contributed by atoms with Gasteiger partial charge in [-0.1, -0.05) is 13.0 Å². The summed E-state index contributed by atoms with van der Waals surface area (Å²) >= 11 is 0. The molecule has 1 aromatic heterocycles. The SMILES string of the molecule is C=C[C@H](C)[C@H](O)c1ccncc1. The zero-order chi connectivity index (χ0) is 8.97. The molecule has 1 heterocycles. The lowest BCUT2D eigenvalue weighted by Gasteiger charge is -2.14. The number of aliphatic hydroxyl groups excluding tert-OH is 1. The Morgan fingerprint density at radius 1 is 1.50 bits per heavy atom. The normalized spacial score (nSPS) is 15.2. The largest absolute Gasteiger partial charge is 0.388 e. The summed E-state index contributed by atoms with van der Waals surface area (Å²) in [4.78, 5) is 3.88. The summed E-state index contributed by atoms with van der Waals surface area (Å²) in [5.41, 5.74) is 0.886. The van der Waals surface area contributed by atoms with E-state index in [4.69, 9.17) is 0 Å². The van der Waals surface area contributed by atoms with Crippen molar-refractivity contribution in [2.75, 3.05) is 0 Å². The zero-order valence-corrected chi connectivity index (χ0v) is 7.14. The van der Waals surface area contributed by atoms with Crippen molar-refractivity contribution in [1.29, 1.82) is 0 Å². The van der Waals surface area contributed by atoms with Crippen LogP contribution >= 0.6 is 0 Å². The van der Waals surface area contributed by atoms with Crippen molar-refractivity contribution in [3.05, 3.63) is 42.7 Å². The Kier molecular flexibility index (Phi) is 3.00. The monoisotopic (exact) mass is 163 g/mol. The van der Waals surface area contributed by atoms with E-state index in [2.05, 4.69) is 11.6 Å². The zero-order valence-electron chi connectivity index (χ0n) is 7.14.